The lowest BCUT2D eigenvalue weighted by atomic mass is 9.96. The van der Waals surface area contributed by atoms with Crippen molar-refractivity contribution in [2.45, 2.75) is 35.9 Å². The standard InChI is InChI=1S/C7H16O11P2/c8-1-2-3(9)4(10)5(11)6(18-2)7(19(12,13)14)20(15,16)17/h2-11H,1H2,(H2,12,13,14)(H2,15,16,17)/t2-,3-,4+,5-,6?/m1/s1. The van der Waals surface area contributed by atoms with Gasteiger partial charge < -0.3 is 44.7 Å². The molecule has 8 N–H and O–H groups in total. The molecule has 0 amide bonds. The van der Waals surface area contributed by atoms with E-state index in [4.69, 9.17) is 29.4 Å². The van der Waals surface area contributed by atoms with Crippen LogP contribution in [-0.2, 0) is 13.9 Å². The molecule has 1 saturated heterocycles. The van der Waals surface area contributed by atoms with E-state index in [0.717, 1.165) is 0 Å². The van der Waals surface area contributed by atoms with Gasteiger partial charge in [-0.2, -0.15) is 0 Å². The van der Waals surface area contributed by atoms with Crippen molar-refractivity contribution < 1.29 is 53.9 Å². The largest absolute Gasteiger partial charge is 0.394 e. The number of hydrogen-bond donors (Lipinski definition) is 8. The average molecular weight is 338 g/mol. The minimum Gasteiger partial charge on any atom is -0.394 e. The second-order valence-electron chi connectivity index (χ2n) is 4.39. The third-order valence-corrected chi connectivity index (χ3v) is 6.68. The Balaban J connectivity index is 3.20. The summed E-state index contributed by atoms with van der Waals surface area (Å²) in [6, 6.07) is 0. The summed E-state index contributed by atoms with van der Waals surface area (Å²) < 4.78 is 27.2. The van der Waals surface area contributed by atoms with Crippen LogP contribution < -0.4 is 0 Å². The van der Waals surface area contributed by atoms with Crippen molar-refractivity contribution in [1.82, 2.24) is 0 Å². The van der Waals surface area contributed by atoms with Gasteiger partial charge in [0.2, 0.25) is 0 Å². The van der Waals surface area contributed by atoms with E-state index in [1.807, 2.05) is 0 Å². The zero-order valence-electron chi connectivity index (χ0n) is 9.87. The Kier molecular flexibility index (Phi) is 5.51. The summed E-state index contributed by atoms with van der Waals surface area (Å²) in [6.07, 6.45) is -9.64. The van der Waals surface area contributed by atoms with Crippen molar-refractivity contribution in [2.24, 2.45) is 0 Å². The fourth-order valence-electron chi connectivity index (χ4n) is 1.96. The lowest BCUT2D eigenvalue weighted by molar-refractivity contribution is -0.226. The first-order chi connectivity index (χ1) is 8.91. The van der Waals surface area contributed by atoms with Gasteiger partial charge in [-0.1, -0.05) is 0 Å². The molecule has 0 aliphatic carbocycles. The summed E-state index contributed by atoms with van der Waals surface area (Å²) in [6.45, 7) is -0.892. The van der Waals surface area contributed by atoms with Crippen molar-refractivity contribution in [3.63, 3.8) is 0 Å². The summed E-state index contributed by atoms with van der Waals surface area (Å²) in [5.74, 6) is 0. The fraction of sp³-hybridized carbons (Fsp3) is 1.00. The summed E-state index contributed by atoms with van der Waals surface area (Å²) in [5, 5.41) is 34.7. The van der Waals surface area contributed by atoms with Crippen LogP contribution in [0.25, 0.3) is 0 Å². The number of aliphatic hydroxyl groups excluding tert-OH is 4. The van der Waals surface area contributed by atoms with E-state index in [2.05, 4.69) is 0 Å². The minimum atomic E-state index is -5.41. The maximum absolute atomic E-state index is 11.2. The lowest BCUT2D eigenvalue weighted by Gasteiger charge is -2.42. The van der Waals surface area contributed by atoms with Crippen LogP contribution in [0.2, 0.25) is 0 Å². The molecular formula is C7H16O11P2. The molecule has 0 bridgehead atoms. The molecule has 1 fully saturated rings. The van der Waals surface area contributed by atoms with E-state index < -0.39 is 57.7 Å². The van der Waals surface area contributed by atoms with Gasteiger partial charge in [-0.3, -0.25) is 9.13 Å². The first kappa shape index (κ1) is 18.1. The van der Waals surface area contributed by atoms with E-state index in [0.29, 0.717) is 0 Å². The molecule has 1 aliphatic rings. The van der Waals surface area contributed by atoms with E-state index in [1.165, 1.54) is 0 Å². The van der Waals surface area contributed by atoms with Gasteiger partial charge in [-0.05, 0) is 0 Å². The Morgan fingerprint density at radius 3 is 1.70 bits per heavy atom. The van der Waals surface area contributed by atoms with E-state index in [-0.39, 0.29) is 0 Å². The van der Waals surface area contributed by atoms with Crippen LogP contribution in [0.4, 0.5) is 0 Å². The molecule has 0 spiro atoms. The summed E-state index contributed by atoms with van der Waals surface area (Å²) in [4.78, 5) is 36.1. The second-order valence-corrected chi connectivity index (χ2v) is 8.26. The van der Waals surface area contributed by atoms with Crippen molar-refractivity contribution in [3.8, 4) is 0 Å². The molecule has 11 nitrogen and oxygen atoms in total. The van der Waals surface area contributed by atoms with Gasteiger partial charge in [0.1, 0.15) is 30.5 Å². The molecule has 0 radical (unpaired) electrons. The van der Waals surface area contributed by atoms with Gasteiger partial charge in [0, 0.05) is 0 Å². The molecule has 0 aromatic carbocycles. The summed E-state index contributed by atoms with van der Waals surface area (Å²) in [7, 11) is -10.8. The summed E-state index contributed by atoms with van der Waals surface area (Å²) >= 11 is 0. The van der Waals surface area contributed by atoms with Crippen molar-refractivity contribution >= 4 is 15.2 Å². The van der Waals surface area contributed by atoms with Gasteiger partial charge in [0.05, 0.1) is 6.61 Å². The van der Waals surface area contributed by atoms with Crippen LogP contribution in [0.5, 0.6) is 0 Å². The maximum atomic E-state index is 11.2. The summed E-state index contributed by atoms with van der Waals surface area (Å²) in [5.41, 5.74) is 0. The maximum Gasteiger partial charge on any atom is 0.343 e. The SMILES string of the molecule is O=P(O)(O)C(C1O[C@H](CO)[C@@H](O)[C@H](O)[C@H]1O)P(=O)(O)O. The Morgan fingerprint density at radius 1 is 0.900 bits per heavy atom. The van der Waals surface area contributed by atoms with Crippen molar-refractivity contribution in [2.75, 3.05) is 6.61 Å². The first-order valence-corrected chi connectivity index (χ1v) is 8.68. The highest BCUT2D eigenvalue weighted by Crippen LogP contribution is 2.62. The molecule has 5 atom stereocenters. The van der Waals surface area contributed by atoms with Gasteiger partial charge in [0.15, 0.2) is 5.40 Å². The average Bonchev–Trinajstić information content (AvgIpc) is 2.26. The lowest BCUT2D eigenvalue weighted by Crippen LogP contribution is -2.61. The molecule has 1 aliphatic heterocycles. The molecule has 20 heavy (non-hydrogen) atoms. The molecule has 0 aromatic rings. The zero-order valence-corrected chi connectivity index (χ0v) is 11.7. The third kappa shape index (κ3) is 3.65. The fourth-order valence-corrected chi connectivity index (χ4v) is 4.78. The first-order valence-electron chi connectivity index (χ1n) is 5.32. The second kappa shape index (κ2) is 6.07. The van der Waals surface area contributed by atoms with Crippen LogP contribution in [0.3, 0.4) is 0 Å². The smallest absolute Gasteiger partial charge is 0.343 e. The third-order valence-electron chi connectivity index (χ3n) is 2.91. The molecule has 0 aromatic heterocycles. The predicted molar refractivity (Wildman–Crippen MR) is 61.6 cm³/mol. The van der Waals surface area contributed by atoms with Gasteiger partial charge >= 0.3 is 15.2 Å². The Bertz CT molecular complexity index is 404. The van der Waals surface area contributed by atoms with E-state index >= 15 is 0 Å². The van der Waals surface area contributed by atoms with Crippen molar-refractivity contribution in [1.29, 1.82) is 0 Å². The molecular weight excluding hydrogens is 322 g/mol. The van der Waals surface area contributed by atoms with Crippen LogP contribution in [-0.4, -0.2) is 82.5 Å². The zero-order chi connectivity index (χ0) is 15.9. The Hall–Kier alpha value is 0.1000. The minimum absolute atomic E-state index is 0.892. The highest BCUT2D eigenvalue weighted by atomic mass is 31.2. The van der Waals surface area contributed by atoms with Crippen LogP contribution in [0.15, 0.2) is 0 Å². The molecule has 1 heterocycles. The monoisotopic (exact) mass is 338 g/mol. The molecule has 13 heteroatoms. The highest BCUT2D eigenvalue weighted by molar-refractivity contribution is 7.71. The van der Waals surface area contributed by atoms with E-state index in [9.17, 15) is 24.4 Å². The number of ether oxygens (including phenoxy) is 1. The van der Waals surface area contributed by atoms with E-state index in [1.54, 1.807) is 0 Å². The number of rotatable bonds is 4. The van der Waals surface area contributed by atoms with Gasteiger partial charge in [-0.15, -0.1) is 0 Å². The Morgan fingerprint density at radius 2 is 1.35 bits per heavy atom. The van der Waals surface area contributed by atoms with Crippen molar-refractivity contribution in [3.05, 3.63) is 0 Å². The van der Waals surface area contributed by atoms with Crippen LogP contribution in [0, 0.1) is 0 Å². The number of hydrogen-bond acceptors (Lipinski definition) is 7. The quantitative estimate of drug-likeness (QED) is 0.236. The predicted octanol–water partition coefficient (Wildman–Crippen LogP) is -3.49. The van der Waals surface area contributed by atoms with Crippen LogP contribution in [0.1, 0.15) is 0 Å². The molecule has 1 rings (SSSR count). The highest BCUT2D eigenvalue weighted by Gasteiger charge is 2.57. The molecule has 120 valence electrons. The van der Waals surface area contributed by atoms with Gasteiger partial charge in [0.25, 0.3) is 0 Å². The Labute approximate surface area is 112 Å². The van der Waals surface area contributed by atoms with Crippen LogP contribution >= 0.6 is 15.2 Å². The molecule has 0 saturated carbocycles. The molecule has 1 unspecified atom stereocenters. The number of aliphatic hydroxyl groups is 4. The topological polar surface area (TPSA) is 205 Å². The normalized spacial score (nSPS) is 36.4. The van der Waals surface area contributed by atoms with Gasteiger partial charge in [-0.25, -0.2) is 0 Å².